The van der Waals surface area contributed by atoms with Crippen LogP contribution in [0.25, 0.3) is 0 Å². The van der Waals surface area contributed by atoms with Gasteiger partial charge < -0.3 is 0 Å². The number of rotatable bonds is 2. The minimum absolute atomic E-state index is 0.124. The molecule has 0 aliphatic heterocycles. The zero-order chi connectivity index (χ0) is 8.10. The molecule has 0 radical (unpaired) electrons. The van der Waals surface area contributed by atoms with Gasteiger partial charge in [-0.1, -0.05) is 18.8 Å². The van der Waals surface area contributed by atoms with Crippen molar-refractivity contribution in [3.05, 3.63) is 0 Å². The van der Waals surface area contributed by atoms with Crippen molar-refractivity contribution in [3.8, 4) is 11.8 Å². The summed E-state index contributed by atoms with van der Waals surface area (Å²) in [5.74, 6) is 5.99. The molecule has 0 aromatic rings. The van der Waals surface area contributed by atoms with Crippen molar-refractivity contribution in [2.75, 3.05) is 0 Å². The molecule has 0 aromatic carbocycles. The Morgan fingerprint density at radius 2 is 2.09 bits per heavy atom. The van der Waals surface area contributed by atoms with Gasteiger partial charge >= 0.3 is 0 Å². The monoisotopic (exact) mass is 150 g/mol. The maximum absolute atomic E-state index is 11.0. The number of carbonyl (C=O) groups is 1. The summed E-state index contributed by atoms with van der Waals surface area (Å²) in [6, 6.07) is 0. The van der Waals surface area contributed by atoms with Crippen molar-refractivity contribution in [1.82, 2.24) is 0 Å². The van der Waals surface area contributed by atoms with Gasteiger partial charge in [-0.15, -0.1) is 0 Å². The summed E-state index contributed by atoms with van der Waals surface area (Å²) in [4.78, 5) is 11.0. The third-order valence-electron chi connectivity index (χ3n) is 2.21. The minimum atomic E-state index is 0.124. The van der Waals surface area contributed by atoms with E-state index in [1.54, 1.807) is 6.92 Å². The van der Waals surface area contributed by atoms with Gasteiger partial charge in [-0.3, -0.25) is 4.79 Å². The fourth-order valence-electron chi connectivity index (χ4n) is 1.67. The first-order chi connectivity index (χ1) is 5.33. The molecule has 0 spiro atoms. The molecular weight excluding hydrogens is 136 g/mol. The van der Waals surface area contributed by atoms with Gasteiger partial charge in [0.1, 0.15) is 0 Å². The number of ketones is 1. The highest BCUT2D eigenvalue weighted by atomic mass is 16.1. The van der Waals surface area contributed by atoms with Gasteiger partial charge in [0.05, 0.1) is 0 Å². The van der Waals surface area contributed by atoms with Crippen LogP contribution in [0.4, 0.5) is 0 Å². The van der Waals surface area contributed by atoms with Gasteiger partial charge in [0, 0.05) is 6.42 Å². The second-order valence-electron chi connectivity index (χ2n) is 3.15. The van der Waals surface area contributed by atoms with E-state index in [4.69, 9.17) is 0 Å². The Morgan fingerprint density at radius 3 is 2.64 bits per heavy atom. The quantitative estimate of drug-likeness (QED) is 0.435. The molecule has 0 heterocycles. The second-order valence-corrected chi connectivity index (χ2v) is 3.15. The lowest BCUT2D eigenvalue weighted by molar-refractivity contribution is -0.114. The maximum atomic E-state index is 11.0. The first-order valence-corrected chi connectivity index (χ1v) is 4.28. The first-order valence-electron chi connectivity index (χ1n) is 4.28. The Morgan fingerprint density at radius 1 is 1.45 bits per heavy atom. The van der Waals surface area contributed by atoms with Gasteiger partial charge in [0.15, 0.2) is 0 Å². The molecule has 1 heteroatoms. The highest BCUT2D eigenvalue weighted by Crippen LogP contribution is 2.27. The van der Waals surface area contributed by atoms with Crippen molar-refractivity contribution in [1.29, 1.82) is 0 Å². The molecule has 1 aliphatic carbocycles. The Balaban J connectivity index is 2.27. The van der Waals surface area contributed by atoms with Crippen molar-refractivity contribution in [3.63, 3.8) is 0 Å². The average molecular weight is 150 g/mol. The van der Waals surface area contributed by atoms with Gasteiger partial charge in [-0.2, -0.15) is 0 Å². The number of Topliss-reactive ketones (excluding diaryl/α,β-unsaturated/α-hetero) is 1. The topological polar surface area (TPSA) is 17.1 Å². The van der Waals surface area contributed by atoms with Crippen LogP contribution in [0.15, 0.2) is 0 Å². The normalized spacial score (nSPS) is 17.5. The maximum Gasteiger partial charge on any atom is 0.205 e. The summed E-state index contributed by atoms with van der Waals surface area (Å²) in [5.41, 5.74) is 0. The SMILES string of the molecule is CC#CC(=O)CC1CCCC1. The summed E-state index contributed by atoms with van der Waals surface area (Å²) in [7, 11) is 0. The van der Waals surface area contributed by atoms with E-state index in [2.05, 4.69) is 11.8 Å². The lowest BCUT2D eigenvalue weighted by Gasteiger charge is -2.02. The van der Waals surface area contributed by atoms with Crippen molar-refractivity contribution in [2.45, 2.75) is 39.0 Å². The smallest absolute Gasteiger partial charge is 0.205 e. The molecule has 0 unspecified atom stereocenters. The van der Waals surface area contributed by atoms with E-state index in [0.29, 0.717) is 12.3 Å². The van der Waals surface area contributed by atoms with Crippen LogP contribution in [0, 0.1) is 17.8 Å². The molecule has 0 aromatic heterocycles. The minimum Gasteiger partial charge on any atom is -0.285 e. The highest BCUT2D eigenvalue weighted by Gasteiger charge is 2.16. The molecule has 1 fully saturated rings. The van der Waals surface area contributed by atoms with E-state index >= 15 is 0 Å². The standard InChI is InChI=1S/C10H14O/c1-2-5-10(11)8-9-6-3-4-7-9/h9H,3-4,6-8H2,1H3. The molecular formula is C10H14O. The molecule has 1 saturated carbocycles. The Hall–Kier alpha value is -0.770. The van der Waals surface area contributed by atoms with E-state index in [-0.39, 0.29) is 5.78 Å². The number of hydrogen-bond donors (Lipinski definition) is 0. The van der Waals surface area contributed by atoms with Crippen LogP contribution in [-0.4, -0.2) is 5.78 Å². The first kappa shape index (κ1) is 8.33. The van der Waals surface area contributed by atoms with Gasteiger partial charge in [-0.05, 0) is 31.6 Å². The molecule has 1 nitrogen and oxygen atoms in total. The molecule has 0 bridgehead atoms. The van der Waals surface area contributed by atoms with Crippen molar-refractivity contribution >= 4 is 5.78 Å². The van der Waals surface area contributed by atoms with Crippen molar-refractivity contribution < 1.29 is 4.79 Å². The average Bonchev–Trinajstić information content (AvgIpc) is 2.40. The largest absolute Gasteiger partial charge is 0.285 e. The van der Waals surface area contributed by atoms with Crippen LogP contribution in [0.5, 0.6) is 0 Å². The van der Waals surface area contributed by atoms with Crippen LogP contribution in [-0.2, 0) is 4.79 Å². The summed E-state index contributed by atoms with van der Waals surface area (Å²) in [6.45, 7) is 1.71. The second kappa shape index (κ2) is 4.18. The van der Waals surface area contributed by atoms with E-state index in [0.717, 1.165) is 0 Å². The lowest BCUT2D eigenvalue weighted by Crippen LogP contribution is -2.02. The van der Waals surface area contributed by atoms with Crippen LogP contribution in [0.1, 0.15) is 39.0 Å². The molecule has 0 N–H and O–H groups in total. The summed E-state index contributed by atoms with van der Waals surface area (Å²) in [6.07, 6.45) is 5.77. The Bertz CT molecular complexity index is 189. The highest BCUT2D eigenvalue weighted by molar-refractivity contribution is 5.95. The predicted octanol–water partition coefficient (Wildman–Crippen LogP) is 2.16. The molecule has 1 aliphatic rings. The molecule has 11 heavy (non-hydrogen) atoms. The zero-order valence-electron chi connectivity index (χ0n) is 7.02. The number of hydrogen-bond acceptors (Lipinski definition) is 1. The Labute approximate surface area is 68.2 Å². The fraction of sp³-hybridized carbons (Fsp3) is 0.700. The van der Waals surface area contributed by atoms with Gasteiger partial charge in [-0.25, -0.2) is 0 Å². The Kier molecular flexibility index (Phi) is 3.16. The van der Waals surface area contributed by atoms with E-state index in [9.17, 15) is 4.79 Å². The van der Waals surface area contributed by atoms with Crippen LogP contribution >= 0.6 is 0 Å². The van der Waals surface area contributed by atoms with E-state index < -0.39 is 0 Å². The third kappa shape index (κ3) is 2.76. The number of carbonyl (C=O) groups excluding carboxylic acids is 1. The third-order valence-corrected chi connectivity index (χ3v) is 2.21. The predicted molar refractivity (Wildman–Crippen MR) is 45.0 cm³/mol. The molecule has 60 valence electrons. The molecule has 0 atom stereocenters. The summed E-state index contributed by atoms with van der Waals surface area (Å²) in [5, 5.41) is 0. The van der Waals surface area contributed by atoms with Crippen molar-refractivity contribution in [2.24, 2.45) is 5.92 Å². The lowest BCUT2D eigenvalue weighted by atomic mass is 10.0. The van der Waals surface area contributed by atoms with Gasteiger partial charge in [0.25, 0.3) is 0 Å². The van der Waals surface area contributed by atoms with E-state index in [1.807, 2.05) is 0 Å². The summed E-state index contributed by atoms with van der Waals surface area (Å²) >= 11 is 0. The van der Waals surface area contributed by atoms with Gasteiger partial charge in [0.2, 0.25) is 5.78 Å². The molecule has 0 saturated heterocycles. The fourth-order valence-corrected chi connectivity index (χ4v) is 1.67. The van der Waals surface area contributed by atoms with E-state index in [1.165, 1.54) is 25.7 Å². The molecule has 1 rings (SSSR count). The van der Waals surface area contributed by atoms with Crippen LogP contribution in [0.3, 0.4) is 0 Å². The van der Waals surface area contributed by atoms with Crippen LogP contribution < -0.4 is 0 Å². The molecule has 0 amide bonds. The van der Waals surface area contributed by atoms with Crippen LogP contribution in [0.2, 0.25) is 0 Å². The summed E-state index contributed by atoms with van der Waals surface area (Å²) < 4.78 is 0. The zero-order valence-corrected chi connectivity index (χ0v) is 7.02.